The molecule has 1 amide bonds. The Morgan fingerprint density at radius 2 is 1.84 bits per heavy atom. The number of aromatic nitrogens is 3. The van der Waals surface area contributed by atoms with E-state index < -0.39 is 17.2 Å². The molecule has 0 saturated heterocycles. The highest BCUT2D eigenvalue weighted by Crippen LogP contribution is 2.19. The molecule has 1 saturated carbocycles. The molecule has 0 spiro atoms. The van der Waals surface area contributed by atoms with Gasteiger partial charge < -0.3 is 5.32 Å². The predicted molar refractivity (Wildman–Crippen MR) is 119 cm³/mol. The van der Waals surface area contributed by atoms with Crippen molar-refractivity contribution in [3.63, 3.8) is 0 Å². The van der Waals surface area contributed by atoms with E-state index in [1.165, 1.54) is 0 Å². The standard InChI is InChI=1S/C24H26N4O3/c1-15(2)18-7-11-20(12-8-18)28-24(31)27(14-17-6-4-5-16(3)13-17)23(30)21(26-28)22(29)25-19-9-10-19/h4-8,11-13,15,19H,9-10,14H2,1-3H3,(H,25,29). The lowest BCUT2D eigenvalue weighted by Crippen LogP contribution is -2.46. The molecule has 0 bridgehead atoms. The van der Waals surface area contributed by atoms with Crippen molar-refractivity contribution >= 4 is 5.91 Å². The lowest BCUT2D eigenvalue weighted by Gasteiger charge is -2.13. The van der Waals surface area contributed by atoms with Gasteiger partial charge in [-0.05, 0) is 48.9 Å². The highest BCUT2D eigenvalue weighted by atomic mass is 16.2. The number of benzene rings is 2. The van der Waals surface area contributed by atoms with E-state index in [-0.39, 0.29) is 18.3 Å². The average molecular weight is 418 g/mol. The van der Waals surface area contributed by atoms with Gasteiger partial charge in [-0.15, -0.1) is 0 Å². The lowest BCUT2D eigenvalue weighted by atomic mass is 10.0. The molecule has 7 heteroatoms. The quantitative estimate of drug-likeness (QED) is 0.667. The Morgan fingerprint density at radius 3 is 2.45 bits per heavy atom. The number of hydrogen-bond donors (Lipinski definition) is 1. The van der Waals surface area contributed by atoms with Crippen molar-refractivity contribution in [2.45, 2.75) is 52.1 Å². The molecular formula is C24H26N4O3. The number of carbonyl (C=O) groups excluding carboxylic acids is 1. The van der Waals surface area contributed by atoms with Gasteiger partial charge in [0.25, 0.3) is 11.5 Å². The lowest BCUT2D eigenvalue weighted by molar-refractivity contribution is 0.0941. The van der Waals surface area contributed by atoms with Gasteiger partial charge in [0, 0.05) is 6.04 Å². The number of nitrogens with one attached hydrogen (secondary N) is 1. The molecule has 0 atom stereocenters. The molecule has 1 aromatic heterocycles. The maximum absolute atomic E-state index is 13.2. The highest BCUT2D eigenvalue weighted by Gasteiger charge is 2.27. The molecule has 160 valence electrons. The molecule has 1 fully saturated rings. The number of rotatable bonds is 6. The topological polar surface area (TPSA) is 86.0 Å². The second-order valence-corrected chi connectivity index (χ2v) is 8.42. The zero-order chi connectivity index (χ0) is 22.1. The van der Waals surface area contributed by atoms with Crippen LogP contribution in [-0.2, 0) is 6.54 Å². The van der Waals surface area contributed by atoms with Crippen molar-refractivity contribution in [2.24, 2.45) is 0 Å². The molecule has 0 aliphatic heterocycles. The minimum Gasteiger partial charge on any atom is -0.348 e. The Morgan fingerprint density at radius 1 is 1.13 bits per heavy atom. The van der Waals surface area contributed by atoms with E-state index in [1.807, 2.05) is 43.3 Å². The summed E-state index contributed by atoms with van der Waals surface area (Å²) in [5, 5.41) is 6.98. The van der Waals surface area contributed by atoms with E-state index >= 15 is 0 Å². The van der Waals surface area contributed by atoms with Crippen molar-refractivity contribution in [3.8, 4) is 5.69 Å². The van der Waals surface area contributed by atoms with Gasteiger partial charge in [-0.25, -0.2) is 4.79 Å². The van der Waals surface area contributed by atoms with E-state index in [0.29, 0.717) is 11.6 Å². The van der Waals surface area contributed by atoms with Gasteiger partial charge in [0.05, 0.1) is 12.2 Å². The van der Waals surface area contributed by atoms with E-state index in [1.54, 1.807) is 12.1 Å². The summed E-state index contributed by atoms with van der Waals surface area (Å²) >= 11 is 0. The van der Waals surface area contributed by atoms with Crippen LogP contribution >= 0.6 is 0 Å². The number of nitrogens with zero attached hydrogens (tertiary/aromatic N) is 3. The van der Waals surface area contributed by atoms with Crippen LogP contribution < -0.4 is 16.6 Å². The van der Waals surface area contributed by atoms with Gasteiger partial charge in [0.15, 0.2) is 0 Å². The smallest absolute Gasteiger partial charge is 0.348 e. The first kappa shape index (κ1) is 20.8. The largest absolute Gasteiger partial charge is 0.352 e. The zero-order valence-electron chi connectivity index (χ0n) is 18.0. The fraction of sp³-hybridized carbons (Fsp3) is 0.333. The molecular weight excluding hydrogens is 392 g/mol. The molecule has 0 radical (unpaired) electrons. The van der Waals surface area contributed by atoms with Gasteiger partial charge in [0.1, 0.15) is 0 Å². The molecule has 1 N–H and O–H groups in total. The number of carbonyl (C=O) groups is 1. The molecule has 31 heavy (non-hydrogen) atoms. The summed E-state index contributed by atoms with van der Waals surface area (Å²) < 4.78 is 2.23. The molecule has 4 rings (SSSR count). The van der Waals surface area contributed by atoms with Crippen molar-refractivity contribution in [1.82, 2.24) is 19.7 Å². The third-order valence-corrected chi connectivity index (χ3v) is 5.41. The summed E-state index contributed by atoms with van der Waals surface area (Å²) in [6, 6.07) is 15.1. The van der Waals surface area contributed by atoms with Crippen LogP contribution in [0.15, 0.2) is 58.1 Å². The second-order valence-electron chi connectivity index (χ2n) is 8.42. The predicted octanol–water partition coefficient (Wildman–Crippen LogP) is 2.77. The zero-order valence-corrected chi connectivity index (χ0v) is 18.0. The summed E-state index contributed by atoms with van der Waals surface area (Å²) in [4.78, 5) is 39.0. The van der Waals surface area contributed by atoms with Crippen molar-refractivity contribution in [3.05, 3.63) is 91.8 Å². The van der Waals surface area contributed by atoms with Gasteiger partial charge in [-0.2, -0.15) is 9.78 Å². The van der Waals surface area contributed by atoms with Gasteiger partial charge in [-0.3, -0.25) is 14.2 Å². The average Bonchev–Trinajstić information content (AvgIpc) is 3.55. The monoisotopic (exact) mass is 418 g/mol. The third-order valence-electron chi connectivity index (χ3n) is 5.41. The summed E-state index contributed by atoms with van der Waals surface area (Å²) in [6.07, 6.45) is 1.78. The molecule has 2 aromatic carbocycles. The van der Waals surface area contributed by atoms with Crippen LogP contribution in [0.3, 0.4) is 0 Å². The van der Waals surface area contributed by atoms with E-state index in [9.17, 15) is 14.4 Å². The molecule has 1 heterocycles. The second kappa shape index (κ2) is 8.34. The van der Waals surface area contributed by atoms with Crippen LogP contribution in [0.5, 0.6) is 0 Å². The first-order chi connectivity index (χ1) is 14.8. The van der Waals surface area contributed by atoms with Crippen LogP contribution in [-0.4, -0.2) is 26.3 Å². The Balaban J connectivity index is 1.84. The first-order valence-corrected chi connectivity index (χ1v) is 10.5. The number of hydrogen-bond acceptors (Lipinski definition) is 4. The molecule has 7 nitrogen and oxygen atoms in total. The number of aryl methyl sites for hydroxylation is 1. The highest BCUT2D eigenvalue weighted by molar-refractivity contribution is 5.92. The fourth-order valence-corrected chi connectivity index (χ4v) is 3.44. The molecule has 1 aliphatic carbocycles. The van der Waals surface area contributed by atoms with E-state index in [2.05, 4.69) is 24.3 Å². The molecule has 1 aliphatic rings. The van der Waals surface area contributed by atoms with Crippen LogP contribution in [0.25, 0.3) is 5.69 Å². The number of amides is 1. The third kappa shape index (κ3) is 4.50. The Labute approximate surface area is 180 Å². The Hall–Kier alpha value is -3.48. The van der Waals surface area contributed by atoms with Crippen LogP contribution in [0.1, 0.15) is 59.8 Å². The maximum Gasteiger partial charge on any atom is 0.352 e. The normalized spacial score (nSPS) is 13.4. The van der Waals surface area contributed by atoms with E-state index in [4.69, 9.17) is 0 Å². The van der Waals surface area contributed by atoms with Crippen molar-refractivity contribution in [1.29, 1.82) is 0 Å². The molecule has 0 unspecified atom stereocenters. The van der Waals surface area contributed by atoms with E-state index in [0.717, 1.165) is 38.8 Å². The van der Waals surface area contributed by atoms with Gasteiger partial charge in [0.2, 0.25) is 5.69 Å². The van der Waals surface area contributed by atoms with Crippen molar-refractivity contribution < 1.29 is 4.79 Å². The summed E-state index contributed by atoms with van der Waals surface area (Å²) in [7, 11) is 0. The van der Waals surface area contributed by atoms with Gasteiger partial charge in [-0.1, -0.05) is 55.8 Å². The minimum atomic E-state index is -0.681. The summed E-state index contributed by atoms with van der Waals surface area (Å²) in [6.45, 7) is 6.18. The fourth-order valence-electron chi connectivity index (χ4n) is 3.44. The maximum atomic E-state index is 13.2. The molecule has 3 aromatic rings. The Bertz CT molecular complexity index is 1230. The first-order valence-electron chi connectivity index (χ1n) is 10.5. The van der Waals surface area contributed by atoms with Crippen LogP contribution in [0.2, 0.25) is 0 Å². The SMILES string of the molecule is Cc1cccc(Cn2c(=O)c(C(=O)NC3CC3)nn(-c3ccc(C(C)C)cc3)c2=O)c1. The minimum absolute atomic E-state index is 0.0651. The summed E-state index contributed by atoms with van der Waals surface area (Å²) in [5.74, 6) is -0.202. The van der Waals surface area contributed by atoms with Gasteiger partial charge >= 0.3 is 5.69 Å². The van der Waals surface area contributed by atoms with Crippen LogP contribution in [0.4, 0.5) is 0 Å². The Kier molecular flexibility index (Phi) is 5.59. The summed E-state index contributed by atoms with van der Waals surface area (Å²) in [5.41, 5.74) is 1.93. The van der Waals surface area contributed by atoms with Crippen LogP contribution in [0, 0.1) is 6.92 Å². The van der Waals surface area contributed by atoms with Crippen molar-refractivity contribution in [2.75, 3.05) is 0 Å².